The van der Waals surface area contributed by atoms with Crippen LogP contribution in [0, 0.1) is 0 Å². The number of unbranched alkanes of at least 4 members (excludes halogenated alkanes) is 25. The molecule has 1 amide bonds. The van der Waals surface area contributed by atoms with Crippen LogP contribution in [0.4, 0.5) is 0 Å². The Kier molecular flexibility index (Phi) is 37.2. The van der Waals surface area contributed by atoms with E-state index in [4.69, 9.17) is 28.4 Å². The van der Waals surface area contributed by atoms with E-state index < -0.39 is 124 Å². The Labute approximate surface area is 454 Å². The molecule has 446 valence electrons. The van der Waals surface area contributed by atoms with Crippen LogP contribution in [0.15, 0.2) is 24.3 Å². The number of rotatable bonds is 43. The standard InChI is InChI=1S/C57H105NO18/c1-3-5-7-9-10-11-12-13-14-15-16-17-18-19-20-21-22-23-24-25-26-27-28-29-30-31-32-34-41(62)40(58-45(63)35-33-8-6-4-2)39-71-55-51(69)48(66)53(43(37-60)73-55)76-57-52(70)49(67)54(44(38-61)74-57)75-56-50(68)47(65)46(64)42(36-59)72-56/h28-29,32,34,40-44,46-57,59-62,64-70H,3-27,30-31,33,35-39H2,1-2H3,(H,58,63)/b29-28+,34-32+. The first-order valence-electron chi connectivity index (χ1n) is 29.6. The molecule has 17 atom stereocenters. The van der Waals surface area contributed by atoms with E-state index >= 15 is 0 Å². The highest BCUT2D eigenvalue weighted by atomic mass is 16.8. The lowest BCUT2D eigenvalue weighted by Crippen LogP contribution is -2.66. The van der Waals surface area contributed by atoms with Crippen molar-refractivity contribution in [3.63, 3.8) is 0 Å². The molecule has 0 spiro atoms. The highest BCUT2D eigenvalue weighted by Gasteiger charge is 2.53. The third-order valence-electron chi connectivity index (χ3n) is 15.0. The van der Waals surface area contributed by atoms with Crippen LogP contribution in [0.5, 0.6) is 0 Å². The molecule has 0 aliphatic carbocycles. The summed E-state index contributed by atoms with van der Waals surface area (Å²) < 4.78 is 34.0. The maximum atomic E-state index is 13.0. The highest BCUT2D eigenvalue weighted by Crippen LogP contribution is 2.33. The minimum atomic E-state index is -1.98. The molecule has 19 nitrogen and oxygen atoms in total. The molecular formula is C57H105NO18. The highest BCUT2D eigenvalue weighted by molar-refractivity contribution is 5.76. The first-order chi connectivity index (χ1) is 36.8. The van der Waals surface area contributed by atoms with Gasteiger partial charge in [-0.15, -0.1) is 0 Å². The summed E-state index contributed by atoms with van der Waals surface area (Å²) in [5.74, 6) is -0.303. The van der Waals surface area contributed by atoms with Crippen molar-refractivity contribution < 1.29 is 89.4 Å². The van der Waals surface area contributed by atoms with Crippen molar-refractivity contribution in [2.75, 3.05) is 26.4 Å². The second kappa shape index (κ2) is 41.3. The van der Waals surface area contributed by atoms with Crippen molar-refractivity contribution >= 4 is 5.91 Å². The molecule has 0 saturated carbocycles. The fourth-order valence-corrected chi connectivity index (χ4v) is 10.1. The predicted octanol–water partition coefficient (Wildman–Crippen LogP) is 4.76. The summed E-state index contributed by atoms with van der Waals surface area (Å²) in [6, 6.07) is -0.982. The van der Waals surface area contributed by atoms with Gasteiger partial charge in [0.05, 0.1) is 38.6 Å². The minimum absolute atomic E-state index is 0.228. The number of carbonyl (C=O) groups is 1. The first-order valence-corrected chi connectivity index (χ1v) is 29.6. The van der Waals surface area contributed by atoms with E-state index in [0.29, 0.717) is 12.8 Å². The van der Waals surface area contributed by atoms with Gasteiger partial charge in [0.1, 0.15) is 73.2 Å². The molecule has 76 heavy (non-hydrogen) atoms. The van der Waals surface area contributed by atoms with E-state index in [1.54, 1.807) is 6.08 Å². The molecular weight excluding hydrogens is 987 g/mol. The molecule has 3 rings (SSSR count). The second-order valence-electron chi connectivity index (χ2n) is 21.5. The number of nitrogens with one attached hydrogen (secondary N) is 1. The molecule has 19 heteroatoms. The normalized spacial score (nSPS) is 31.1. The molecule has 12 N–H and O–H groups in total. The Morgan fingerprint density at radius 3 is 1.32 bits per heavy atom. The monoisotopic (exact) mass is 1090 g/mol. The van der Waals surface area contributed by atoms with Gasteiger partial charge in [-0.2, -0.15) is 0 Å². The van der Waals surface area contributed by atoms with Gasteiger partial charge in [-0.3, -0.25) is 4.79 Å². The number of aliphatic hydroxyl groups is 11. The Morgan fingerprint density at radius 1 is 0.461 bits per heavy atom. The zero-order chi connectivity index (χ0) is 55.5. The van der Waals surface area contributed by atoms with E-state index in [0.717, 1.165) is 38.5 Å². The minimum Gasteiger partial charge on any atom is -0.394 e. The van der Waals surface area contributed by atoms with Crippen molar-refractivity contribution in [2.24, 2.45) is 0 Å². The van der Waals surface area contributed by atoms with Gasteiger partial charge in [0.25, 0.3) is 0 Å². The fourth-order valence-electron chi connectivity index (χ4n) is 10.1. The van der Waals surface area contributed by atoms with E-state index in [9.17, 15) is 61.0 Å². The second-order valence-corrected chi connectivity index (χ2v) is 21.5. The number of hydrogen-bond donors (Lipinski definition) is 12. The van der Waals surface area contributed by atoms with E-state index in [1.165, 1.54) is 128 Å². The van der Waals surface area contributed by atoms with Gasteiger partial charge in [-0.05, 0) is 32.1 Å². The molecule has 0 radical (unpaired) electrons. The molecule has 3 fully saturated rings. The quantitative estimate of drug-likeness (QED) is 0.0289. The summed E-state index contributed by atoms with van der Waals surface area (Å²) in [5, 5.41) is 119. The van der Waals surface area contributed by atoms with E-state index in [1.807, 2.05) is 6.08 Å². The molecule has 3 heterocycles. The zero-order valence-corrected chi connectivity index (χ0v) is 46.2. The van der Waals surface area contributed by atoms with Gasteiger partial charge in [-0.25, -0.2) is 0 Å². The number of carbonyl (C=O) groups excluding carboxylic acids is 1. The average Bonchev–Trinajstić information content (AvgIpc) is 3.42. The van der Waals surface area contributed by atoms with Gasteiger partial charge in [0, 0.05) is 6.42 Å². The number of allylic oxidation sites excluding steroid dienone is 3. The lowest BCUT2D eigenvalue weighted by Gasteiger charge is -2.48. The van der Waals surface area contributed by atoms with Crippen LogP contribution in [0.2, 0.25) is 0 Å². The topological polar surface area (TPSA) is 307 Å². The van der Waals surface area contributed by atoms with Gasteiger partial charge < -0.3 is 89.9 Å². The van der Waals surface area contributed by atoms with Crippen molar-refractivity contribution in [1.29, 1.82) is 0 Å². The maximum absolute atomic E-state index is 13.0. The number of amides is 1. The average molecular weight is 1090 g/mol. The van der Waals surface area contributed by atoms with Crippen LogP contribution in [0.3, 0.4) is 0 Å². The fraction of sp³-hybridized carbons (Fsp3) is 0.912. The molecule has 3 saturated heterocycles. The van der Waals surface area contributed by atoms with Gasteiger partial charge >= 0.3 is 0 Å². The molecule has 0 bridgehead atoms. The van der Waals surface area contributed by atoms with Crippen molar-refractivity contribution in [3.8, 4) is 0 Å². The zero-order valence-electron chi connectivity index (χ0n) is 46.2. The summed E-state index contributed by atoms with van der Waals surface area (Å²) in [4.78, 5) is 13.0. The van der Waals surface area contributed by atoms with Crippen LogP contribution in [-0.4, -0.2) is 193 Å². The van der Waals surface area contributed by atoms with Crippen molar-refractivity contribution in [3.05, 3.63) is 24.3 Å². The molecule has 3 aliphatic rings. The predicted molar refractivity (Wildman–Crippen MR) is 286 cm³/mol. The third kappa shape index (κ3) is 25.4. The lowest BCUT2D eigenvalue weighted by molar-refractivity contribution is -0.379. The van der Waals surface area contributed by atoms with Gasteiger partial charge in [0.15, 0.2) is 18.9 Å². The molecule has 0 aromatic heterocycles. The largest absolute Gasteiger partial charge is 0.394 e. The molecule has 17 unspecified atom stereocenters. The number of aliphatic hydroxyl groups excluding tert-OH is 11. The maximum Gasteiger partial charge on any atom is 0.220 e. The summed E-state index contributed by atoms with van der Waals surface area (Å²) >= 11 is 0. The Morgan fingerprint density at radius 2 is 0.842 bits per heavy atom. The summed E-state index contributed by atoms with van der Waals surface area (Å²) in [5.41, 5.74) is 0. The molecule has 0 aromatic carbocycles. The van der Waals surface area contributed by atoms with Crippen LogP contribution in [0.1, 0.15) is 200 Å². The third-order valence-corrected chi connectivity index (χ3v) is 15.0. The Bertz CT molecular complexity index is 1490. The van der Waals surface area contributed by atoms with Crippen LogP contribution in [-0.2, 0) is 33.2 Å². The Hall–Kier alpha value is -1.73. The summed E-state index contributed by atoms with van der Waals surface area (Å²) in [7, 11) is 0. The van der Waals surface area contributed by atoms with Crippen LogP contribution in [0.25, 0.3) is 0 Å². The smallest absolute Gasteiger partial charge is 0.220 e. The van der Waals surface area contributed by atoms with Gasteiger partial charge in [0.2, 0.25) is 5.91 Å². The summed E-state index contributed by atoms with van der Waals surface area (Å²) in [6.45, 7) is 1.55. The Balaban J connectivity index is 1.38. The molecule has 0 aromatic rings. The lowest BCUT2D eigenvalue weighted by atomic mass is 9.96. The number of ether oxygens (including phenoxy) is 6. The molecule has 3 aliphatic heterocycles. The van der Waals surface area contributed by atoms with Crippen LogP contribution >= 0.6 is 0 Å². The van der Waals surface area contributed by atoms with E-state index in [-0.39, 0.29) is 18.9 Å². The van der Waals surface area contributed by atoms with Gasteiger partial charge in [-0.1, -0.05) is 186 Å². The van der Waals surface area contributed by atoms with Crippen LogP contribution < -0.4 is 5.32 Å². The van der Waals surface area contributed by atoms with Crippen molar-refractivity contribution in [1.82, 2.24) is 5.32 Å². The van der Waals surface area contributed by atoms with E-state index in [2.05, 4.69) is 31.3 Å². The first kappa shape index (κ1) is 68.5. The number of hydrogen-bond acceptors (Lipinski definition) is 18. The summed E-state index contributed by atoms with van der Waals surface area (Å²) in [6.07, 6.45) is 15.7. The van der Waals surface area contributed by atoms with Crippen molar-refractivity contribution in [2.45, 2.75) is 304 Å². The SMILES string of the molecule is CCCCCCCCCCCCCCCCCCCCCCC/C=C/CC/C=C/C(O)C(COC1OC(CO)C(OC2OC(CO)C(OC3OC(CO)C(O)C(O)C3O)C(O)C2O)C(O)C1O)NC(=O)CCCCCC.